The number of rotatable bonds is 7. The van der Waals surface area contributed by atoms with Gasteiger partial charge in [-0.1, -0.05) is 31.9 Å². The summed E-state index contributed by atoms with van der Waals surface area (Å²) in [6.45, 7) is 4.89. The lowest BCUT2D eigenvalue weighted by molar-refractivity contribution is 0.129. The van der Waals surface area contributed by atoms with Crippen molar-refractivity contribution in [2.75, 3.05) is 6.61 Å². The molecule has 1 fully saturated rings. The Hall–Kier alpha value is -1.06. The van der Waals surface area contributed by atoms with E-state index in [1.165, 1.54) is 25.7 Å². The summed E-state index contributed by atoms with van der Waals surface area (Å²) in [5.74, 6) is 0.874. The molecule has 2 atom stereocenters. The summed E-state index contributed by atoms with van der Waals surface area (Å²) in [6.07, 6.45) is 5.64. The third kappa shape index (κ3) is 4.22. The van der Waals surface area contributed by atoms with E-state index in [-0.39, 0.29) is 6.04 Å². The summed E-state index contributed by atoms with van der Waals surface area (Å²) >= 11 is 0. The van der Waals surface area contributed by atoms with Crippen LogP contribution >= 0.6 is 0 Å². The van der Waals surface area contributed by atoms with Crippen molar-refractivity contribution >= 4 is 0 Å². The number of aliphatic hydroxyl groups excluding tert-OH is 1. The Kier molecular flexibility index (Phi) is 5.86. The van der Waals surface area contributed by atoms with Gasteiger partial charge in [-0.05, 0) is 43.9 Å². The highest BCUT2D eigenvalue weighted by atomic mass is 16.5. The quantitative estimate of drug-likeness (QED) is 0.802. The van der Waals surface area contributed by atoms with Gasteiger partial charge in [-0.25, -0.2) is 0 Å². The maximum absolute atomic E-state index is 10.4. The molecule has 3 heteroatoms. The number of benzene rings is 1. The molecule has 3 nitrogen and oxygen atoms in total. The van der Waals surface area contributed by atoms with Gasteiger partial charge in [0.25, 0.3) is 0 Å². The normalized spacial score (nSPS) is 18.9. The Morgan fingerprint density at radius 2 is 1.90 bits per heavy atom. The molecule has 1 aromatic carbocycles. The maximum atomic E-state index is 10.4. The summed E-state index contributed by atoms with van der Waals surface area (Å²) in [5, 5.41) is 14.0. The van der Waals surface area contributed by atoms with Crippen LogP contribution in [0.15, 0.2) is 24.3 Å². The Morgan fingerprint density at radius 1 is 1.25 bits per heavy atom. The van der Waals surface area contributed by atoms with Crippen molar-refractivity contribution in [2.24, 2.45) is 0 Å². The van der Waals surface area contributed by atoms with Crippen molar-refractivity contribution < 1.29 is 9.84 Å². The molecule has 0 spiro atoms. The van der Waals surface area contributed by atoms with Crippen molar-refractivity contribution in [3.63, 3.8) is 0 Å². The second-order valence-electron chi connectivity index (χ2n) is 5.80. The van der Waals surface area contributed by atoms with E-state index in [1.807, 2.05) is 24.3 Å². The monoisotopic (exact) mass is 277 g/mol. The first-order valence-electron chi connectivity index (χ1n) is 7.87. The zero-order valence-corrected chi connectivity index (χ0v) is 12.6. The highest BCUT2D eigenvalue weighted by Gasteiger charge is 2.22. The Bertz CT molecular complexity index is 384. The highest BCUT2D eigenvalue weighted by Crippen LogP contribution is 2.23. The number of hydrogen-bond acceptors (Lipinski definition) is 3. The van der Waals surface area contributed by atoms with Crippen molar-refractivity contribution in [3.8, 4) is 5.75 Å². The van der Waals surface area contributed by atoms with Crippen LogP contribution in [0.5, 0.6) is 5.75 Å². The molecule has 0 radical (unpaired) electrons. The Morgan fingerprint density at radius 3 is 2.50 bits per heavy atom. The molecule has 0 bridgehead atoms. The van der Waals surface area contributed by atoms with Crippen LogP contribution in [0.4, 0.5) is 0 Å². The molecule has 20 heavy (non-hydrogen) atoms. The van der Waals surface area contributed by atoms with Crippen LogP contribution in [-0.4, -0.2) is 23.8 Å². The van der Waals surface area contributed by atoms with E-state index < -0.39 is 6.10 Å². The fourth-order valence-corrected chi connectivity index (χ4v) is 2.83. The minimum Gasteiger partial charge on any atom is -0.494 e. The molecule has 0 heterocycles. The largest absolute Gasteiger partial charge is 0.494 e. The smallest absolute Gasteiger partial charge is 0.119 e. The molecule has 2 unspecified atom stereocenters. The first kappa shape index (κ1) is 15.3. The molecule has 1 aromatic rings. The summed E-state index contributed by atoms with van der Waals surface area (Å²) in [4.78, 5) is 0. The van der Waals surface area contributed by atoms with Gasteiger partial charge in [0.15, 0.2) is 0 Å². The third-order valence-corrected chi connectivity index (χ3v) is 4.02. The van der Waals surface area contributed by atoms with Gasteiger partial charge in [0.2, 0.25) is 0 Å². The molecule has 1 aliphatic rings. The van der Waals surface area contributed by atoms with E-state index in [0.29, 0.717) is 6.04 Å². The van der Waals surface area contributed by atoms with Crippen molar-refractivity contribution in [1.29, 1.82) is 0 Å². The molecular formula is C17H27NO2. The lowest BCUT2D eigenvalue weighted by Crippen LogP contribution is -2.38. The molecule has 2 N–H and O–H groups in total. The fourth-order valence-electron chi connectivity index (χ4n) is 2.83. The lowest BCUT2D eigenvalue weighted by atomic mass is 10.0. The summed E-state index contributed by atoms with van der Waals surface area (Å²) in [6, 6.07) is 8.46. The number of hydrogen-bond donors (Lipinski definition) is 2. The zero-order chi connectivity index (χ0) is 14.4. The predicted octanol–water partition coefficient (Wildman–Crippen LogP) is 3.43. The zero-order valence-electron chi connectivity index (χ0n) is 12.6. The fraction of sp³-hybridized carbons (Fsp3) is 0.647. The first-order valence-corrected chi connectivity index (χ1v) is 7.87. The molecule has 0 aromatic heterocycles. The average Bonchev–Trinajstić information content (AvgIpc) is 2.97. The van der Waals surface area contributed by atoms with E-state index >= 15 is 0 Å². The van der Waals surface area contributed by atoms with Crippen LogP contribution in [0.25, 0.3) is 0 Å². The SMILES string of the molecule is CCCOc1ccc(C(O)C(C)NC2CCCC2)cc1. The molecule has 112 valence electrons. The van der Waals surface area contributed by atoms with Gasteiger partial charge >= 0.3 is 0 Å². The molecular weight excluding hydrogens is 250 g/mol. The molecule has 0 saturated heterocycles. The standard InChI is InChI=1S/C17H27NO2/c1-3-12-20-16-10-8-14(9-11-16)17(19)13(2)18-15-6-4-5-7-15/h8-11,13,15,17-19H,3-7,12H2,1-2H3. The second-order valence-corrected chi connectivity index (χ2v) is 5.80. The van der Waals surface area contributed by atoms with E-state index in [0.717, 1.165) is 24.3 Å². The van der Waals surface area contributed by atoms with Gasteiger partial charge in [0.1, 0.15) is 5.75 Å². The van der Waals surface area contributed by atoms with Gasteiger partial charge in [0.05, 0.1) is 12.7 Å². The number of aliphatic hydroxyl groups is 1. The van der Waals surface area contributed by atoms with Gasteiger partial charge in [-0.2, -0.15) is 0 Å². The van der Waals surface area contributed by atoms with Crippen LogP contribution in [0.3, 0.4) is 0 Å². The van der Waals surface area contributed by atoms with Crippen LogP contribution in [0.2, 0.25) is 0 Å². The van der Waals surface area contributed by atoms with Gasteiger partial charge in [-0.3, -0.25) is 0 Å². The average molecular weight is 277 g/mol. The van der Waals surface area contributed by atoms with Crippen LogP contribution in [0, 0.1) is 0 Å². The van der Waals surface area contributed by atoms with Crippen molar-refractivity contribution in [1.82, 2.24) is 5.32 Å². The van der Waals surface area contributed by atoms with Crippen molar-refractivity contribution in [2.45, 2.75) is 64.1 Å². The molecule has 2 rings (SSSR count). The number of nitrogens with one attached hydrogen (secondary N) is 1. The minimum absolute atomic E-state index is 0.0838. The summed E-state index contributed by atoms with van der Waals surface area (Å²) < 4.78 is 5.56. The second kappa shape index (κ2) is 7.65. The number of ether oxygens (including phenoxy) is 1. The van der Waals surface area contributed by atoms with E-state index in [2.05, 4.69) is 19.2 Å². The van der Waals surface area contributed by atoms with E-state index in [9.17, 15) is 5.11 Å². The lowest BCUT2D eigenvalue weighted by Gasteiger charge is -2.24. The molecule has 1 aliphatic carbocycles. The highest BCUT2D eigenvalue weighted by molar-refractivity contribution is 5.29. The third-order valence-electron chi connectivity index (χ3n) is 4.02. The topological polar surface area (TPSA) is 41.5 Å². The summed E-state index contributed by atoms with van der Waals surface area (Å²) in [5.41, 5.74) is 0.951. The van der Waals surface area contributed by atoms with Crippen LogP contribution in [0.1, 0.15) is 57.6 Å². The minimum atomic E-state index is -0.462. The first-order chi connectivity index (χ1) is 9.70. The Balaban J connectivity index is 1.88. The maximum Gasteiger partial charge on any atom is 0.119 e. The molecule has 1 saturated carbocycles. The van der Waals surface area contributed by atoms with E-state index in [1.54, 1.807) is 0 Å². The van der Waals surface area contributed by atoms with Crippen LogP contribution < -0.4 is 10.1 Å². The van der Waals surface area contributed by atoms with E-state index in [4.69, 9.17) is 4.74 Å². The van der Waals surface area contributed by atoms with Gasteiger partial charge in [-0.15, -0.1) is 0 Å². The predicted molar refractivity (Wildman–Crippen MR) is 82.0 cm³/mol. The van der Waals surface area contributed by atoms with Crippen LogP contribution in [-0.2, 0) is 0 Å². The Labute approximate surface area is 122 Å². The van der Waals surface area contributed by atoms with Crippen molar-refractivity contribution in [3.05, 3.63) is 29.8 Å². The molecule has 0 amide bonds. The van der Waals surface area contributed by atoms with Gasteiger partial charge < -0.3 is 15.2 Å². The van der Waals surface area contributed by atoms with Gasteiger partial charge in [0, 0.05) is 12.1 Å². The summed E-state index contributed by atoms with van der Waals surface area (Å²) in [7, 11) is 0. The molecule has 0 aliphatic heterocycles.